The van der Waals surface area contributed by atoms with Crippen LogP contribution in [0.2, 0.25) is 0 Å². The molecule has 1 aliphatic carbocycles. The number of hydrogen-bond acceptors (Lipinski definition) is 4. The monoisotopic (exact) mass is 470 g/mol. The van der Waals surface area contributed by atoms with E-state index in [1.807, 2.05) is 62.4 Å². The minimum absolute atomic E-state index is 0.0458. The Morgan fingerprint density at radius 3 is 2.31 bits per heavy atom. The van der Waals surface area contributed by atoms with Crippen LogP contribution in [0.4, 0.5) is 22.7 Å². The molecule has 0 spiro atoms. The smallest absolute Gasteiger partial charge is 0.258 e. The standard InChI is InChI=1S/C28H30N4O3/c1-3-32(23-11-5-4-6-12-23)28(35)21-9-7-10-22(17-21)30-26(33)18-29-24-13-8-14-25(19(24)2)31-27(34)20-15-16-20/h4-14,17,20,29H,3,15-16,18H2,1-2H3,(H,30,33)(H,31,34). The molecule has 0 bridgehead atoms. The fraction of sp³-hybridized carbons (Fsp3) is 0.250. The predicted octanol–water partition coefficient (Wildman–Crippen LogP) is 5.06. The summed E-state index contributed by atoms with van der Waals surface area (Å²) in [6, 6.07) is 22.0. The Kier molecular flexibility index (Phi) is 7.45. The summed E-state index contributed by atoms with van der Waals surface area (Å²) in [5.74, 6) is -0.201. The number of nitrogens with zero attached hydrogens (tertiary/aromatic N) is 1. The Morgan fingerprint density at radius 1 is 0.886 bits per heavy atom. The molecule has 7 nitrogen and oxygen atoms in total. The Labute approximate surface area is 205 Å². The molecular formula is C28H30N4O3. The van der Waals surface area contributed by atoms with E-state index < -0.39 is 0 Å². The summed E-state index contributed by atoms with van der Waals surface area (Å²) in [5, 5.41) is 8.96. The molecule has 3 N–H and O–H groups in total. The van der Waals surface area contributed by atoms with Crippen LogP contribution in [0.15, 0.2) is 72.8 Å². The van der Waals surface area contributed by atoms with Gasteiger partial charge < -0.3 is 20.9 Å². The molecule has 0 heterocycles. The molecule has 180 valence electrons. The fourth-order valence-corrected chi connectivity index (χ4v) is 3.86. The number of anilines is 4. The minimum atomic E-state index is -0.239. The molecule has 0 radical (unpaired) electrons. The van der Waals surface area contributed by atoms with E-state index in [-0.39, 0.29) is 30.2 Å². The first-order valence-electron chi connectivity index (χ1n) is 11.9. The largest absolute Gasteiger partial charge is 0.376 e. The van der Waals surface area contributed by atoms with Gasteiger partial charge in [0.2, 0.25) is 11.8 Å². The van der Waals surface area contributed by atoms with Gasteiger partial charge in [-0.1, -0.05) is 30.3 Å². The molecule has 0 aromatic heterocycles. The summed E-state index contributed by atoms with van der Waals surface area (Å²) in [4.78, 5) is 39.5. The van der Waals surface area contributed by atoms with Gasteiger partial charge in [0.25, 0.3) is 5.91 Å². The van der Waals surface area contributed by atoms with Crippen molar-refractivity contribution in [3.05, 3.63) is 83.9 Å². The average Bonchev–Trinajstić information content (AvgIpc) is 3.72. The Hall–Kier alpha value is -4.13. The number of hydrogen-bond donors (Lipinski definition) is 3. The van der Waals surface area contributed by atoms with Crippen molar-refractivity contribution >= 4 is 40.5 Å². The first-order valence-corrected chi connectivity index (χ1v) is 11.9. The van der Waals surface area contributed by atoms with E-state index in [4.69, 9.17) is 0 Å². The van der Waals surface area contributed by atoms with E-state index in [9.17, 15) is 14.4 Å². The molecule has 0 unspecified atom stereocenters. The van der Waals surface area contributed by atoms with E-state index in [0.717, 1.165) is 35.5 Å². The fourth-order valence-electron chi connectivity index (χ4n) is 3.86. The van der Waals surface area contributed by atoms with Gasteiger partial charge in [0.15, 0.2) is 0 Å². The third kappa shape index (κ3) is 6.06. The van der Waals surface area contributed by atoms with Crippen LogP contribution in [0, 0.1) is 12.8 Å². The van der Waals surface area contributed by atoms with Crippen LogP contribution in [-0.2, 0) is 9.59 Å². The Bertz CT molecular complexity index is 1220. The molecule has 0 saturated heterocycles. The topological polar surface area (TPSA) is 90.5 Å². The number of rotatable bonds is 9. The van der Waals surface area contributed by atoms with Crippen LogP contribution in [0.5, 0.6) is 0 Å². The van der Waals surface area contributed by atoms with E-state index in [1.165, 1.54) is 0 Å². The van der Waals surface area contributed by atoms with Gasteiger partial charge in [-0.2, -0.15) is 0 Å². The van der Waals surface area contributed by atoms with E-state index in [2.05, 4.69) is 16.0 Å². The van der Waals surface area contributed by atoms with Crippen molar-refractivity contribution in [3.8, 4) is 0 Å². The van der Waals surface area contributed by atoms with Crippen molar-refractivity contribution in [2.24, 2.45) is 5.92 Å². The zero-order chi connectivity index (χ0) is 24.8. The lowest BCUT2D eigenvalue weighted by Gasteiger charge is -2.21. The number of benzene rings is 3. The highest BCUT2D eigenvalue weighted by atomic mass is 16.2. The van der Waals surface area contributed by atoms with Gasteiger partial charge in [-0.3, -0.25) is 14.4 Å². The zero-order valence-corrected chi connectivity index (χ0v) is 20.0. The first-order chi connectivity index (χ1) is 17.0. The summed E-state index contributed by atoms with van der Waals surface area (Å²) < 4.78 is 0. The van der Waals surface area contributed by atoms with Crippen molar-refractivity contribution < 1.29 is 14.4 Å². The van der Waals surface area contributed by atoms with Crippen LogP contribution in [-0.4, -0.2) is 30.8 Å². The van der Waals surface area contributed by atoms with Crippen LogP contribution < -0.4 is 20.9 Å². The molecule has 1 fully saturated rings. The highest BCUT2D eigenvalue weighted by molar-refractivity contribution is 6.07. The van der Waals surface area contributed by atoms with Crippen LogP contribution in [0.3, 0.4) is 0 Å². The second kappa shape index (κ2) is 10.9. The zero-order valence-electron chi connectivity index (χ0n) is 20.0. The van der Waals surface area contributed by atoms with Gasteiger partial charge in [-0.05, 0) is 74.7 Å². The van der Waals surface area contributed by atoms with Crippen LogP contribution in [0.1, 0.15) is 35.7 Å². The van der Waals surface area contributed by atoms with Crippen molar-refractivity contribution in [2.45, 2.75) is 26.7 Å². The van der Waals surface area contributed by atoms with Crippen molar-refractivity contribution in [2.75, 3.05) is 33.9 Å². The maximum Gasteiger partial charge on any atom is 0.258 e. The number of para-hydroxylation sites is 1. The van der Waals surface area contributed by atoms with Gasteiger partial charge in [0.1, 0.15) is 0 Å². The maximum absolute atomic E-state index is 13.1. The lowest BCUT2D eigenvalue weighted by Crippen LogP contribution is -2.30. The predicted molar refractivity (Wildman–Crippen MR) is 140 cm³/mol. The molecule has 4 rings (SSSR count). The molecule has 1 aliphatic rings. The van der Waals surface area contributed by atoms with Crippen molar-refractivity contribution in [1.82, 2.24) is 0 Å². The number of nitrogens with one attached hydrogen (secondary N) is 3. The molecular weight excluding hydrogens is 440 g/mol. The van der Waals surface area contributed by atoms with Crippen molar-refractivity contribution in [3.63, 3.8) is 0 Å². The van der Waals surface area contributed by atoms with E-state index in [1.54, 1.807) is 29.2 Å². The lowest BCUT2D eigenvalue weighted by atomic mass is 10.1. The lowest BCUT2D eigenvalue weighted by molar-refractivity contribution is -0.117. The van der Waals surface area contributed by atoms with Gasteiger partial charge in [-0.15, -0.1) is 0 Å². The second-order valence-electron chi connectivity index (χ2n) is 8.61. The average molecular weight is 471 g/mol. The Balaban J connectivity index is 1.37. The normalized spacial score (nSPS) is 12.5. The minimum Gasteiger partial charge on any atom is -0.376 e. The quantitative estimate of drug-likeness (QED) is 0.408. The third-order valence-corrected chi connectivity index (χ3v) is 6.00. The maximum atomic E-state index is 13.1. The second-order valence-corrected chi connectivity index (χ2v) is 8.61. The number of amides is 3. The first kappa shape index (κ1) is 24.0. The molecule has 3 aromatic carbocycles. The van der Waals surface area contributed by atoms with Gasteiger partial charge >= 0.3 is 0 Å². The summed E-state index contributed by atoms with van der Waals surface area (Å²) >= 11 is 0. The summed E-state index contributed by atoms with van der Waals surface area (Å²) in [5.41, 5.74) is 4.27. The number of carbonyl (C=O) groups excluding carboxylic acids is 3. The van der Waals surface area contributed by atoms with Crippen LogP contribution >= 0.6 is 0 Å². The van der Waals surface area contributed by atoms with E-state index in [0.29, 0.717) is 17.8 Å². The molecule has 35 heavy (non-hydrogen) atoms. The van der Waals surface area contributed by atoms with Gasteiger partial charge in [0.05, 0.1) is 6.54 Å². The molecule has 7 heteroatoms. The molecule has 1 saturated carbocycles. The summed E-state index contributed by atoms with van der Waals surface area (Å²) in [6.07, 6.45) is 1.89. The van der Waals surface area contributed by atoms with Gasteiger partial charge in [-0.25, -0.2) is 0 Å². The van der Waals surface area contributed by atoms with E-state index >= 15 is 0 Å². The third-order valence-electron chi connectivity index (χ3n) is 6.00. The molecule has 0 atom stereocenters. The molecule has 3 amide bonds. The highest BCUT2D eigenvalue weighted by Gasteiger charge is 2.29. The van der Waals surface area contributed by atoms with Crippen LogP contribution in [0.25, 0.3) is 0 Å². The highest BCUT2D eigenvalue weighted by Crippen LogP contribution is 2.31. The number of carbonyl (C=O) groups is 3. The molecule has 0 aliphatic heterocycles. The SMILES string of the molecule is CCN(C(=O)c1cccc(NC(=O)CNc2cccc(NC(=O)C3CC3)c2C)c1)c1ccccc1. The van der Waals surface area contributed by atoms with Gasteiger partial charge in [0, 0.05) is 40.8 Å². The molecule has 3 aromatic rings. The van der Waals surface area contributed by atoms with Crippen molar-refractivity contribution in [1.29, 1.82) is 0 Å². The summed E-state index contributed by atoms with van der Waals surface area (Å²) in [7, 11) is 0. The Morgan fingerprint density at radius 2 is 1.60 bits per heavy atom. The summed E-state index contributed by atoms with van der Waals surface area (Å²) in [6.45, 7) is 4.41.